The van der Waals surface area contributed by atoms with Crippen molar-refractivity contribution in [2.45, 2.75) is 43.9 Å². The first-order valence-electron chi connectivity index (χ1n) is 18.7. The Bertz CT molecular complexity index is 2640. The van der Waals surface area contributed by atoms with Crippen LogP contribution in [0, 0.1) is 0 Å². The highest BCUT2D eigenvalue weighted by atomic mass is 15.3. The van der Waals surface area contributed by atoms with E-state index >= 15 is 0 Å². The van der Waals surface area contributed by atoms with Gasteiger partial charge in [0.15, 0.2) is 0 Å². The van der Waals surface area contributed by atoms with Crippen molar-refractivity contribution >= 4 is 57.2 Å². The van der Waals surface area contributed by atoms with Gasteiger partial charge in [-0.1, -0.05) is 159 Å². The Labute approximate surface area is 306 Å². The smallest absolute Gasteiger partial charge is 0.243 e. The third kappa shape index (κ3) is 3.06. The zero-order valence-electron chi connectivity index (χ0n) is 29.9. The van der Waals surface area contributed by atoms with E-state index in [4.69, 9.17) is 0 Å². The predicted molar refractivity (Wildman–Crippen MR) is 217 cm³/mol. The van der Waals surface area contributed by atoms with Crippen LogP contribution < -0.4 is 26.2 Å². The molecule has 52 heavy (non-hydrogen) atoms. The van der Waals surface area contributed by atoms with E-state index in [-0.39, 0.29) is 17.5 Å². The molecule has 2 nitrogen and oxygen atoms in total. The van der Waals surface area contributed by atoms with Crippen molar-refractivity contribution in [3.8, 4) is 0 Å². The third-order valence-corrected chi connectivity index (χ3v) is 13.5. The standard InChI is InChI=1S/C49H37BN2/c1-47(2)32-19-12-20-33-43(32)50-44-34(47)21-13-23-36(44)49(37-24-14-22-35(45(37)50)48(33,3)4)31-18-8-9-26-39(31)52-41-28-11-10-27-40(41)51(30-16-6-5-7-17-30)42-29-15-25-38(49)46(42)52/h5-29H,1-4H3. The summed E-state index contributed by atoms with van der Waals surface area (Å²) in [4.78, 5) is 5.05. The van der Waals surface area contributed by atoms with Gasteiger partial charge in [0.2, 0.25) is 6.71 Å². The molecule has 7 aromatic carbocycles. The number of hydrogen-bond donors (Lipinski definition) is 0. The highest BCUT2D eigenvalue weighted by Gasteiger charge is 2.59. The lowest BCUT2D eigenvalue weighted by atomic mass is 9.23. The average molecular weight is 665 g/mol. The van der Waals surface area contributed by atoms with Crippen molar-refractivity contribution in [1.29, 1.82) is 0 Å². The van der Waals surface area contributed by atoms with Crippen LogP contribution in [0.4, 0.5) is 34.1 Å². The van der Waals surface area contributed by atoms with Crippen molar-refractivity contribution < 1.29 is 0 Å². The number of rotatable bonds is 1. The van der Waals surface area contributed by atoms with Crippen LogP contribution in [0.15, 0.2) is 152 Å². The Kier molecular flexibility index (Phi) is 5.19. The number of fused-ring (bicyclic) bond motifs is 8. The molecule has 0 radical (unpaired) electrons. The monoisotopic (exact) mass is 664 g/mol. The molecule has 0 bridgehead atoms. The lowest BCUT2D eigenvalue weighted by molar-refractivity contribution is 0.613. The summed E-state index contributed by atoms with van der Waals surface area (Å²) in [6.45, 7) is 10.0. The van der Waals surface area contributed by atoms with Crippen LogP contribution in [-0.2, 0) is 16.2 Å². The highest BCUT2D eigenvalue weighted by molar-refractivity contribution is 6.98. The lowest BCUT2D eigenvalue weighted by Gasteiger charge is -2.56. The summed E-state index contributed by atoms with van der Waals surface area (Å²) < 4.78 is 0. The maximum absolute atomic E-state index is 2.57. The first-order valence-corrected chi connectivity index (χ1v) is 18.7. The molecule has 0 saturated carbocycles. The summed E-state index contributed by atoms with van der Waals surface area (Å²) in [5.41, 5.74) is 22.5. The Hall–Kier alpha value is -5.80. The second kappa shape index (κ2) is 9.35. The summed E-state index contributed by atoms with van der Waals surface area (Å²) in [6.07, 6.45) is 0. The van der Waals surface area contributed by atoms with Gasteiger partial charge < -0.3 is 9.80 Å². The molecule has 12 rings (SSSR count). The fourth-order valence-corrected chi connectivity index (χ4v) is 11.5. The van der Waals surface area contributed by atoms with Gasteiger partial charge in [-0.05, 0) is 80.9 Å². The van der Waals surface area contributed by atoms with Crippen molar-refractivity contribution in [3.05, 3.63) is 196 Å². The Morgan fingerprint density at radius 3 is 1.35 bits per heavy atom. The number of nitrogens with zero attached hydrogens (tertiary/aromatic N) is 2. The molecule has 0 atom stereocenters. The number of benzene rings is 7. The molecule has 0 aliphatic carbocycles. The Morgan fingerprint density at radius 2 is 0.750 bits per heavy atom. The van der Waals surface area contributed by atoms with Crippen LogP contribution in [0.2, 0.25) is 0 Å². The molecule has 0 N–H and O–H groups in total. The Morgan fingerprint density at radius 1 is 0.346 bits per heavy atom. The van der Waals surface area contributed by atoms with Crippen molar-refractivity contribution in [3.63, 3.8) is 0 Å². The fourth-order valence-electron chi connectivity index (χ4n) is 11.5. The summed E-state index contributed by atoms with van der Waals surface area (Å²) in [7, 11) is 0. The Balaban J connectivity index is 1.29. The van der Waals surface area contributed by atoms with Gasteiger partial charge >= 0.3 is 0 Å². The highest BCUT2D eigenvalue weighted by Crippen LogP contribution is 2.65. The van der Waals surface area contributed by atoms with Crippen LogP contribution >= 0.6 is 0 Å². The molecular formula is C49H37BN2. The molecule has 0 amide bonds. The van der Waals surface area contributed by atoms with Crippen LogP contribution in [0.1, 0.15) is 72.2 Å². The summed E-state index contributed by atoms with van der Waals surface area (Å²) in [5, 5.41) is 0. The molecule has 3 heteroatoms. The normalized spacial score (nSPS) is 17.6. The average Bonchev–Trinajstić information content (AvgIpc) is 3.18. The van der Waals surface area contributed by atoms with E-state index < -0.39 is 5.41 Å². The minimum Gasteiger partial charge on any atom is -0.306 e. The minimum atomic E-state index is -0.532. The zero-order valence-corrected chi connectivity index (χ0v) is 29.9. The molecule has 0 aromatic heterocycles. The molecular weight excluding hydrogens is 627 g/mol. The summed E-state index contributed by atoms with van der Waals surface area (Å²) in [5.74, 6) is 0. The maximum Gasteiger partial charge on any atom is 0.243 e. The summed E-state index contributed by atoms with van der Waals surface area (Å²) in [6, 6.07) is 57.9. The first kappa shape index (κ1) is 28.9. The first-order chi connectivity index (χ1) is 25.4. The van der Waals surface area contributed by atoms with Crippen LogP contribution in [0.25, 0.3) is 0 Å². The molecule has 0 fully saturated rings. The van der Waals surface area contributed by atoms with E-state index in [0.717, 1.165) is 0 Å². The van der Waals surface area contributed by atoms with Gasteiger partial charge in [0.05, 0.1) is 33.9 Å². The van der Waals surface area contributed by atoms with E-state index in [0.29, 0.717) is 0 Å². The quantitative estimate of drug-likeness (QED) is 0.161. The molecule has 5 aliphatic rings. The predicted octanol–water partition coefficient (Wildman–Crippen LogP) is 9.74. The van der Waals surface area contributed by atoms with Crippen molar-refractivity contribution in [2.75, 3.05) is 9.80 Å². The topological polar surface area (TPSA) is 6.48 Å². The number of anilines is 6. The third-order valence-electron chi connectivity index (χ3n) is 13.5. The van der Waals surface area contributed by atoms with E-state index in [1.807, 2.05) is 0 Å². The van der Waals surface area contributed by atoms with Crippen LogP contribution in [-0.4, -0.2) is 6.71 Å². The van der Waals surface area contributed by atoms with Crippen LogP contribution in [0.5, 0.6) is 0 Å². The maximum atomic E-state index is 2.57. The van der Waals surface area contributed by atoms with E-state index in [1.165, 1.54) is 95.0 Å². The van der Waals surface area contributed by atoms with Crippen molar-refractivity contribution in [1.82, 2.24) is 0 Å². The second-order valence-electron chi connectivity index (χ2n) is 16.4. The fraction of sp³-hybridized carbons (Fsp3) is 0.143. The van der Waals surface area contributed by atoms with Gasteiger partial charge in [-0.25, -0.2) is 0 Å². The number of para-hydroxylation sites is 5. The SMILES string of the molecule is CC1(C)c2cccc3c2B2c4c1cccc4C1(c4ccccc4N4c5ccccc5N(c5ccccc5)c5cccc1c54)c1cccc(c12)C3(C)C. The van der Waals surface area contributed by atoms with Gasteiger partial charge in [0, 0.05) is 16.5 Å². The molecule has 0 saturated heterocycles. The lowest BCUT2D eigenvalue weighted by Crippen LogP contribution is -2.72. The van der Waals surface area contributed by atoms with E-state index in [9.17, 15) is 0 Å². The van der Waals surface area contributed by atoms with Gasteiger partial charge in [-0.2, -0.15) is 0 Å². The zero-order chi connectivity index (χ0) is 34.7. The molecule has 246 valence electrons. The molecule has 7 aromatic rings. The largest absolute Gasteiger partial charge is 0.306 e. The summed E-state index contributed by atoms with van der Waals surface area (Å²) >= 11 is 0. The molecule has 1 spiro atoms. The second-order valence-corrected chi connectivity index (χ2v) is 16.4. The van der Waals surface area contributed by atoms with E-state index in [2.05, 4.69) is 189 Å². The van der Waals surface area contributed by atoms with Gasteiger partial charge in [-0.15, -0.1) is 0 Å². The minimum absolute atomic E-state index is 0.145. The van der Waals surface area contributed by atoms with Gasteiger partial charge in [0.1, 0.15) is 0 Å². The van der Waals surface area contributed by atoms with Crippen molar-refractivity contribution in [2.24, 2.45) is 0 Å². The molecule has 0 unspecified atom stereocenters. The number of hydrogen-bond acceptors (Lipinski definition) is 2. The molecule has 5 heterocycles. The molecule has 5 aliphatic heterocycles. The van der Waals surface area contributed by atoms with Crippen LogP contribution in [0.3, 0.4) is 0 Å². The van der Waals surface area contributed by atoms with Gasteiger partial charge in [0.25, 0.3) is 0 Å². The van der Waals surface area contributed by atoms with E-state index in [1.54, 1.807) is 0 Å². The van der Waals surface area contributed by atoms with Gasteiger partial charge in [-0.3, -0.25) is 0 Å².